The average molecular weight is 482 g/mol. The zero-order valence-corrected chi connectivity index (χ0v) is 18.6. The number of halogens is 2. The maximum Gasteiger partial charge on any atom is 0.271 e. The molecule has 7 nitrogen and oxygen atoms in total. The first-order chi connectivity index (χ1) is 14.7. The number of aromatic nitrogens is 1. The first-order valence-electron chi connectivity index (χ1n) is 9.26. The zero-order valence-electron chi connectivity index (χ0n) is 16.2. The van der Waals surface area contributed by atoms with E-state index >= 15 is 0 Å². The van der Waals surface area contributed by atoms with Crippen LogP contribution in [0.25, 0.3) is 12.2 Å². The summed E-state index contributed by atoms with van der Waals surface area (Å²) < 4.78 is 46.1. The summed E-state index contributed by atoms with van der Waals surface area (Å²) >= 11 is 6.93. The highest BCUT2D eigenvalue weighted by Crippen LogP contribution is 2.33. The molecule has 162 valence electrons. The minimum atomic E-state index is -3.90. The molecule has 0 atom stereocenters. The third-order valence-electron chi connectivity index (χ3n) is 4.53. The summed E-state index contributed by atoms with van der Waals surface area (Å²) in [6.07, 6.45) is 5.05. The predicted molar refractivity (Wildman–Crippen MR) is 118 cm³/mol. The number of thiophene rings is 1. The van der Waals surface area contributed by atoms with Crippen molar-refractivity contribution in [2.45, 2.75) is 24.0 Å². The molecule has 1 fully saturated rings. The van der Waals surface area contributed by atoms with Gasteiger partial charge in [-0.15, -0.1) is 11.3 Å². The van der Waals surface area contributed by atoms with Crippen LogP contribution in [0.1, 0.15) is 29.2 Å². The molecule has 1 saturated carbocycles. The van der Waals surface area contributed by atoms with Crippen molar-refractivity contribution < 1.29 is 22.1 Å². The van der Waals surface area contributed by atoms with Crippen LogP contribution >= 0.6 is 22.9 Å². The Kier molecular flexibility index (Phi) is 5.87. The van der Waals surface area contributed by atoms with E-state index in [1.807, 2.05) is 0 Å². The van der Waals surface area contributed by atoms with Crippen LogP contribution in [0.15, 0.2) is 39.1 Å². The maximum atomic E-state index is 13.2. The summed E-state index contributed by atoms with van der Waals surface area (Å²) in [5, 5.41) is 6.68. The minimum Gasteiger partial charge on any atom is -0.354 e. The molecule has 0 unspecified atom stereocenters. The number of carbonyl (C=O) groups is 1. The maximum absolute atomic E-state index is 13.2. The van der Waals surface area contributed by atoms with Crippen LogP contribution in [-0.2, 0) is 14.8 Å². The lowest BCUT2D eigenvalue weighted by molar-refractivity contribution is -0.117. The van der Waals surface area contributed by atoms with E-state index in [0.29, 0.717) is 22.0 Å². The molecule has 1 aliphatic carbocycles. The largest absolute Gasteiger partial charge is 0.354 e. The van der Waals surface area contributed by atoms with Gasteiger partial charge in [-0.1, -0.05) is 16.8 Å². The van der Waals surface area contributed by atoms with Crippen LogP contribution < -0.4 is 10.0 Å². The highest BCUT2D eigenvalue weighted by atomic mass is 35.5. The van der Waals surface area contributed by atoms with Crippen molar-refractivity contribution in [2.24, 2.45) is 5.92 Å². The van der Waals surface area contributed by atoms with E-state index in [2.05, 4.69) is 15.2 Å². The molecule has 2 N–H and O–H groups in total. The van der Waals surface area contributed by atoms with Gasteiger partial charge in [0.2, 0.25) is 5.91 Å². The number of aryl methyl sites for hydroxylation is 1. The SMILES string of the molecule is Cc1noc(/C=C/c2ccc(S(=O)(=O)Nc3ccc(F)cc3Cl)s2)c1NC(=O)C1CC1. The fraction of sp³-hybridized carbons (Fsp3) is 0.200. The molecule has 0 radical (unpaired) electrons. The van der Waals surface area contributed by atoms with Gasteiger partial charge in [0.15, 0.2) is 5.76 Å². The van der Waals surface area contributed by atoms with E-state index in [4.69, 9.17) is 16.1 Å². The first kappa shape index (κ1) is 21.5. The van der Waals surface area contributed by atoms with Crippen molar-refractivity contribution in [2.75, 3.05) is 10.0 Å². The first-order valence-corrected chi connectivity index (χ1v) is 11.9. The Bertz CT molecular complexity index is 1280. The van der Waals surface area contributed by atoms with Crippen molar-refractivity contribution in [3.05, 3.63) is 57.5 Å². The molecule has 4 rings (SSSR count). The average Bonchev–Trinajstić information content (AvgIpc) is 3.36. The van der Waals surface area contributed by atoms with Gasteiger partial charge in [-0.25, -0.2) is 12.8 Å². The number of sulfonamides is 1. The number of nitrogens with zero attached hydrogens (tertiary/aromatic N) is 1. The summed E-state index contributed by atoms with van der Waals surface area (Å²) in [7, 11) is -3.90. The monoisotopic (exact) mass is 481 g/mol. The molecule has 31 heavy (non-hydrogen) atoms. The molecule has 11 heteroatoms. The lowest BCUT2D eigenvalue weighted by Gasteiger charge is -2.07. The van der Waals surface area contributed by atoms with Gasteiger partial charge in [0.25, 0.3) is 10.0 Å². The van der Waals surface area contributed by atoms with E-state index in [1.54, 1.807) is 25.1 Å². The lowest BCUT2D eigenvalue weighted by Crippen LogP contribution is -2.14. The van der Waals surface area contributed by atoms with Gasteiger partial charge >= 0.3 is 0 Å². The number of hydrogen-bond donors (Lipinski definition) is 2. The van der Waals surface area contributed by atoms with Crippen molar-refractivity contribution in [1.82, 2.24) is 5.16 Å². The zero-order chi connectivity index (χ0) is 22.2. The molecule has 1 aliphatic rings. The predicted octanol–water partition coefficient (Wildman–Crippen LogP) is 5.16. The highest BCUT2D eigenvalue weighted by Gasteiger charge is 2.30. The van der Waals surface area contributed by atoms with E-state index in [-0.39, 0.29) is 26.7 Å². The second-order valence-electron chi connectivity index (χ2n) is 6.99. The van der Waals surface area contributed by atoms with Crippen LogP contribution in [0, 0.1) is 18.7 Å². The second-order valence-corrected chi connectivity index (χ2v) is 10.4. The van der Waals surface area contributed by atoms with Crippen LogP contribution in [-0.4, -0.2) is 19.5 Å². The quantitative estimate of drug-likeness (QED) is 0.485. The highest BCUT2D eigenvalue weighted by molar-refractivity contribution is 7.94. The van der Waals surface area contributed by atoms with Gasteiger partial charge < -0.3 is 9.84 Å². The van der Waals surface area contributed by atoms with E-state index in [9.17, 15) is 17.6 Å². The topological polar surface area (TPSA) is 101 Å². The summed E-state index contributed by atoms with van der Waals surface area (Å²) in [6.45, 7) is 1.73. The molecule has 2 aromatic heterocycles. The number of carbonyl (C=O) groups excluding carboxylic acids is 1. The van der Waals surface area contributed by atoms with Crippen molar-refractivity contribution >= 4 is 62.4 Å². The fourth-order valence-electron chi connectivity index (χ4n) is 2.72. The second kappa shape index (κ2) is 8.45. The standard InChI is InChI=1S/C20H17ClFN3O4S2/c1-11-19(23-20(26)12-2-3-12)17(29-24-11)8-5-14-6-9-18(30-14)31(27,28)25-16-7-4-13(22)10-15(16)21/h4-10,12,25H,2-3H2,1H3,(H,23,26)/b8-5+. The lowest BCUT2D eigenvalue weighted by atomic mass is 10.2. The van der Waals surface area contributed by atoms with Gasteiger partial charge in [-0.3, -0.25) is 9.52 Å². The number of hydrogen-bond acceptors (Lipinski definition) is 6. The molecule has 0 spiro atoms. The van der Waals surface area contributed by atoms with Gasteiger partial charge in [0, 0.05) is 10.8 Å². The van der Waals surface area contributed by atoms with Crippen LogP contribution in [0.3, 0.4) is 0 Å². The van der Waals surface area contributed by atoms with Crippen LogP contribution in [0.4, 0.5) is 15.8 Å². The van der Waals surface area contributed by atoms with Gasteiger partial charge in [0.05, 0.1) is 10.7 Å². The summed E-state index contributed by atoms with van der Waals surface area (Å²) in [6, 6.07) is 6.48. The smallest absolute Gasteiger partial charge is 0.271 e. The van der Waals surface area contributed by atoms with E-state index < -0.39 is 15.8 Å². The molecule has 0 saturated heterocycles. The third-order valence-corrected chi connectivity index (χ3v) is 7.75. The number of nitrogens with one attached hydrogen (secondary N) is 2. The number of rotatable bonds is 7. The molecule has 0 bridgehead atoms. The number of amides is 1. The summed E-state index contributed by atoms with van der Waals surface area (Å²) in [5.74, 6) is -0.207. The molecule has 1 aromatic carbocycles. The van der Waals surface area contributed by atoms with Gasteiger partial charge in [-0.05, 0) is 62.2 Å². The Morgan fingerprint density at radius 2 is 2.06 bits per heavy atom. The molecule has 0 aliphatic heterocycles. The fourth-order valence-corrected chi connectivity index (χ4v) is 5.30. The molecule has 3 aromatic rings. The van der Waals surface area contributed by atoms with Gasteiger partial charge in [0.1, 0.15) is 21.4 Å². The third kappa shape index (κ3) is 4.97. The Morgan fingerprint density at radius 1 is 1.29 bits per heavy atom. The van der Waals surface area contributed by atoms with Crippen LogP contribution in [0.2, 0.25) is 5.02 Å². The van der Waals surface area contributed by atoms with Crippen molar-refractivity contribution in [3.8, 4) is 0 Å². The normalized spacial score (nSPS) is 14.2. The van der Waals surface area contributed by atoms with E-state index in [0.717, 1.165) is 36.3 Å². The number of anilines is 2. The Labute approximate surface area is 187 Å². The minimum absolute atomic E-state index is 0.0401. The molecule has 1 amide bonds. The van der Waals surface area contributed by atoms with E-state index in [1.165, 1.54) is 12.1 Å². The summed E-state index contributed by atoms with van der Waals surface area (Å²) in [5.41, 5.74) is 1.15. The van der Waals surface area contributed by atoms with Crippen molar-refractivity contribution in [3.63, 3.8) is 0 Å². The van der Waals surface area contributed by atoms with Gasteiger partial charge in [-0.2, -0.15) is 0 Å². The molecular weight excluding hydrogens is 465 g/mol. The Hall–Kier alpha value is -2.69. The number of benzene rings is 1. The van der Waals surface area contributed by atoms with Crippen molar-refractivity contribution in [1.29, 1.82) is 0 Å². The van der Waals surface area contributed by atoms with Crippen LogP contribution in [0.5, 0.6) is 0 Å². The Morgan fingerprint density at radius 3 is 2.77 bits per heavy atom. The molecule has 2 heterocycles. The molecular formula is C20H17ClFN3O4S2. The summed E-state index contributed by atoms with van der Waals surface area (Å²) in [4.78, 5) is 12.7. The Balaban J connectivity index is 1.50.